The molecule has 6 N–H and O–H groups in total. The van der Waals surface area contributed by atoms with Gasteiger partial charge in [-0.3, -0.25) is 4.79 Å². The van der Waals surface area contributed by atoms with Crippen molar-refractivity contribution in [3.8, 4) is 0 Å². The van der Waals surface area contributed by atoms with E-state index in [1.807, 2.05) is 18.2 Å². The molecular weight excluding hydrogens is 515 g/mol. The minimum absolute atomic E-state index is 0.136. The van der Waals surface area contributed by atoms with E-state index in [0.717, 1.165) is 43.6 Å². The number of primary amides is 1. The van der Waals surface area contributed by atoms with Crippen LogP contribution in [-0.2, 0) is 11.3 Å². The van der Waals surface area contributed by atoms with Crippen LogP contribution in [-0.4, -0.2) is 82.2 Å². The summed E-state index contributed by atoms with van der Waals surface area (Å²) < 4.78 is 14.5. The molecule has 1 aromatic carbocycles. The van der Waals surface area contributed by atoms with Gasteiger partial charge in [0.15, 0.2) is 11.6 Å². The highest BCUT2D eigenvalue weighted by Gasteiger charge is 2.57. The molecule has 13 heteroatoms. The molecule has 3 fully saturated rings. The Morgan fingerprint density at radius 2 is 2.00 bits per heavy atom. The lowest BCUT2D eigenvalue weighted by Crippen LogP contribution is -2.53. The lowest BCUT2D eigenvalue weighted by atomic mass is 9.80. The minimum Gasteiger partial charge on any atom is -0.465 e. The predicted octanol–water partition coefficient (Wildman–Crippen LogP) is 2.07. The first kappa shape index (κ1) is 26.2. The van der Waals surface area contributed by atoms with Gasteiger partial charge in [0.2, 0.25) is 11.2 Å². The third kappa shape index (κ3) is 5.02. The smallest absolute Gasteiger partial charge is 0.407 e. The number of carbonyl (C=O) groups excluding carboxylic acids is 1. The number of aromatic nitrogens is 2. The average molecular weight is 547 g/mol. The van der Waals surface area contributed by atoms with Crippen molar-refractivity contribution in [1.29, 1.82) is 0 Å². The number of benzene rings is 1. The molecule has 1 aromatic heterocycles. The van der Waals surface area contributed by atoms with Crippen LogP contribution in [0.15, 0.2) is 24.4 Å². The van der Waals surface area contributed by atoms with Crippen molar-refractivity contribution in [2.24, 2.45) is 23.5 Å². The molecule has 0 unspecified atom stereocenters. The van der Waals surface area contributed by atoms with Crippen molar-refractivity contribution in [2.75, 3.05) is 49.2 Å². The summed E-state index contributed by atoms with van der Waals surface area (Å²) in [7, 11) is 2.08. The highest BCUT2D eigenvalue weighted by atomic mass is 35.5. The molecule has 11 nitrogen and oxygen atoms in total. The van der Waals surface area contributed by atoms with E-state index in [-0.39, 0.29) is 29.5 Å². The number of piperazine rings is 1. The maximum absolute atomic E-state index is 14.5. The summed E-state index contributed by atoms with van der Waals surface area (Å²) in [5.41, 5.74) is 14.2. The number of fused-ring (bicyclic) bond motifs is 2. The minimum atomic E-state index is -1.07. The van der Waals surface area contributed by atoms with Crippen LogP contribution in [0.2, 0.25) is 5.28 Å². The lowest BCUT2D eigenvalue weighted by molar-refractivity contribution is -0.123. The van der Waals surface area contributed by atoms with Crippen LogP contribution in [0.25, 0.3) is 0 Å². The van der Waals surface area contributed by atoms with E-state index in [2.05, 4.69) is 32.1 Å². The second-order valence-corrected chi connectivity index (χ2v) is 10.8. The molecule has 204 valence electrons. The Bertz CT molecular complexity index is 1230. The summed E-state index contributed by atoms with van der Waals surface area (Å²) in [6, 6.07) is 4.60. The molecule has 2 heterocycles. The highest BCUT2D eigenvalue weighted by Crippen LogP contribution is 2.51. The topological polar surface area (TPSA) is 154 Å². The van der Waals surface area contributed by atoms with Crippen molar-refractivity contribution in [3.05, 3.63) is 41.1 Å². The van der Waals surface area contributed by atoms with Crippen LogP contribution in [0.3, 0.4) is 0 Å². The average Bonchev–Trinajstić information content (AvgIpc) is 3.44. The molecule has 5 rings (SSSR count). The Kier molecular flexibility index (Phi) is 7.19. The molecule has 2 amide bonds. The number of nitrogens with two attached hydrogens (primary N) is 2. The number of nitrogens with one attached hydrogen (secondary N) is 1. The molecule has 2 aromatic rings. The second kappa shape index (κ2) is 10.4. The van der Waals surface area contributed by atoms with Gasteiger partial charge in [-0.25, -0.2) is 14.2 Å². The maximum atomic E-state index is 14.5. The third-order valence-corrected chi connectivity index (χ3v) is 8.43. The fourth-order valence-corrected chi connectivity index (χ4v) is 6.63. The number of hydrogen-bond donors (Lipinski definition) is 4. The number of nitrogen functional groups attached to an aromatic ring is 1. The number of amides is 2. The van der Waals surface area contributed by atoms with Gasteiger partial charge in [-0.1, -0.05) is 0 Å². The Morgan fingerprint density at radius 3 is 2.68 bits per heavy atom. The van der Waals surface area contributed by atoms with Gasteiger partial charge in [-0.05, 0) is 61.2 Å². The summed E-state index contributed by atoms with van der Waals surface area (Å²) in [6.07, 6.45) is 0.954. The normalized spacial score (nSPS) is 26.9. The molecular formula is C25H32ClFN8O3. The number of carbonyl (C=O) groups is 2. The van der Waals surface area contributed by atoms with Crippen LogP contribution < -0.4 is 21.7 Å². The SMILES string of the molecule is CN1CCN(c2ccc(N)cc2CN(C(=O)O)[C@@H]2C[C@@H]3C[C@@H]2[C@@H](Nc2nc(Cl)ncc2F)[C@H]3C(N)=O)CC1. The van der Waals surface area contributed by atoms with Gasteiger partial charge in [0.25, 0.3) is 0 Å². The zero-order valence-corrected chi connectivity index (χ0v) is 21.8. The molecule has 38 heavy (non-hydrogen) atoms. The fourth-order valence-electron chi connectivity index (χ4n) is 6.49. The quantitative estimate of drug-likeness (QED) is 0.302. The highest BCUT2D eigenvalue weighted by molar-refractivity contribution is 6.28. The lowest BCUT2D eigenvalue weighted by Gasteiger charge is -2.40. The van der Waals surface area contributed by atoms with Gasteiger partial charge in [0.1, 0.15) is 0 Å². The van der Waals surface area contributed by atoms with Crippen LogP contribution >= 0.6 is 11.6 Å². The van der Waals surface area contributed by atoms with Crippen molar-refractivity contribution in [2.45, 2.75) is 31.5 Å². The standard InChI is InChI=1S/C25H32ClFN8O3/c1-33-4-6-34(7-5-33)18-3-2-15(28)8-14(18)12-35(25(37)38)19-10-13-9-16(19)21(20(13)22(29)36)31-23-17(27)11-30-24(26)32-23/h2-3,8,11,13,16,19-21H,4-7,9-10,12,28H2,1H3,(H2,29,36)(H,37,38)(H,30,31,32)/t13-,16-,19+,20-,21+/m0/s1. The summed E-state index contributed by atoms with van der Waals surface area (Å²) in [5.74, 6) is -2.38. The zero-order valence-electron chi connectivity index (χ0n) is 21.1. The third-order valence-electron chi connectivity index (χ3n) is 8.25. The monoisotopic (exact) mass is 546 g/mol. The van der Waals surface area contributed by atoms with E-state index in [1.165, 1.54) is 4.90 Å². The summed E-state index contributed by atoms with van der Waals surface area (Å²) in [5, 5.41) is 13.2. The van der Waals surface area contributed by atoms with Crippen LogP contribution in [0.4, 0.5) is 26.4 Å². The molecule has 2 saturated carbocycles. The van der Waals surface area contributed by atoms with Crippen molar-refractivity contribution >= 4 is 40.8 Å². The Morgan fingerprint density at radius 1 is 1.26 bits per heavy atom. The van der Waals surface area contributed by atoms with E-state index in [4.69, 9.17) is 23.1 Å². The molecule has 3 aliphatic rings. The van der Waals surface area contributed by atoms with E-state index in [1.54, 1.807) is 0 Å². The molecule has 5 atom stereocenters. The van der Waals surface area contributed by atoms with Crippen LogP contribution in [0.5, 0.6) is 0 Å². The molecule has 0 radical (unpaired) electrons. The fraction of sp³-hybridized carbons (Fsp3) is 0.520. The van der Waals surface area contributed by atoms with Gasteiger partial charge in [-0.2, -0.15) is 4.98 Å². The van der Waals surface area contributed by atoms with Gasteiger partial charge in [-0.15, -0.1) is 0 Å². The summed E-state index contributed by atoms with van der Waals surface area (Å²) >= 11 is 5.87. The zero-order chi connectivity index (χ0) is 27.1. The number of halogens is 2. The molecule has 0 spiro atoms. The summed E-state index contributed by atoms with van der Waals surface area (Å²) in [6.45, 7) is 3.61. The Balaban J connectivity index is 1.43. The van der Waals surface area contributed by atoms with E-state index in [0.29, 0.717) is 18.5 Å². The Labute approximate surface area is 224 Å². The molecule has 2 aliphatic carbocycles. The first-order chi connectivity index (χ1) is 18.1. The molecule has 1 aliphatic heterocycles. The van der Waals surface area contributed by atoms with Gasteiger partial charge in [0.05, 0.1) is 18.7 Å². The number of rotatable bonds is 7. The second-order valence-electron chi connectivity index (χ2n) is 10.5. The molecule has 1 saturated heterocycles. The van der Waals surface area contributed by atoms with E-state index >= 15 is 0 Å². The predicted molar refractivity (Wildman–Crippen MR) is 141 cm³/mol. The number of hydrogen-bond acceptors (Lipinski definition) is 8. The first-order valence-corrected chi connectivity index (χ1v) is 13.1. The van der Waals surface area contributed by atoms with E-state index in [9.17, 15) is 19.1 Å². The van der Waals surface area contributed by atoms with Crippen LogP contribution in [0.1, 0.15) is 18.4 Å². The first-order valence-electron chi connectivity index (χ1n) is 12.7. The van der Waals surface area contributed by atoms with Crippen LogP contribution in [0, 0.1) is 23.6 Å². The largest absolute Gasteiger partial charge is 0.465 e. The number of anilines is 3. The number of likely N-dealkylation sites (N-methyl/N-ethyl adjacent to an activating group) is 1. The van der Waals surface area contributed by atoms with Crippen molar-refractivity contribution in [1.82, 2.24) is 19.8 Å². The molecule has 2 bridgehead atoms. The summed E-state index contributed by atoms with van der Waals surface area (Å²) in [4.78, 5) is 38.5. The van der Waals surface area contributed by atoms with Crippen molar-refractivity contribution < 1.29 is 19.1 Å². The van der Waals surface area contributed by atoms with Crippen molar-refractivity contribution in [3.63, 3.8) is 0 Å². The Hall–Kier alpha value is -3.38. The maximum Gasteiger partial charge on any atom is 0.407 e. The van der Waals surface area contributed by atoms with Gasteiger partial charge in [0, 0.05) is 55.6 Å². The van der Waals surface area contributed by atoms with Gasteiger partial charge >= 0.3 is 6.09 Å². The van der Waals surface area contributed by atoms with E-state index < -0.39 is 35.8 Å². The van der Waals surface area contributed by atoms with Gasteiger partial charge < -0.3 is 36.6 Å². The number of carboxylic acid groups (broad SMARTS) is 1. The number of nitrogens with zero attached hydrogens (tertiary/aromatic N) is 5.